The second-order valence-corrected chi connectivity index (χ2v) is 5.16. The van der Waals surface area contributed by atoms with Crippen molar-refractivity contribution >= 4 is 23.1 Å². The van der Waals surface area contributed by atoms with Crippen molar-refractivity contribution in [3.63, 3.8) is 0 Å². The second-order valence-electron chi connectivity index (χ2n) is 5.16. The van der Waals surface area contributed by atoms with Gasteiger partial charge in [-0.2, -0.15) is 0 Å². The van der Waals surface area contributed by atoms with Crippen molar-refractivity contribution in [3.05, 3.63) is 83.1 Å². The lowest BCUT2D eigenvalue weighted by Crippen LogP contribution is -2.17. The Morgan fingerprint density at radius 3 is 2.04 bits per heavy atom. The standard InChI is InChI=1S/C18H14N4O3/c19-14(15-18(20)22-25-21-15)13(16(23)11-7-3-1-4-8-11)17(24)12-9-5-2-6-10-12/h1-10,19,23H,(H2,20,22). The Morgan fingerprint density at radius 2 is 1.52 bits per heavy atom. The van der Waals surface area contributed by atoms with Crippen LogP contribution < -0.4 is 5.73 Å². The number of nitrogen functional groups attached to an aromatic ring is 1. The molecule has 2 aromatic carbocycles. The lowest BCUT2D eigenvalue weighted by Gasteiger charge is -2.10. The summed E-state index contributed by atoms with van der Waals surface area (Å²) in [5.74, 6) is -1.01. The summed E-state index contributed by atoms with van der Waals surface area (Å²) >= 11 is 0. The minimum Gasteiger partial charge on any atom is -0.506 e. The third kappa shape index (κ3) is 3.16. The average molecular weight is 334 g/mol. The molecule has 0 atom stereocenters. The van der Waals surface area contributed by atoms with E-state index in [9.17, 15) is 9.90 Å². The number of carbonyl (C=O) groups is 1. The van der Waals surface area contributed by atoms with Crippen LogP contribution >= 0.6 is 0 Å². The predicted octanol–water partition coefficient (Wildman–Crippen LogP) is 2.87. The van der Waals surface area contributed by atoms with Crippen molar-refractivity contribution in [1.82, 2.24) is 10.3 Å². The Bertz CT molecular complexity index is 947. The largest absolute Gasteiger partial charge is 0.506 e. The first-order valence-corrected chi connectivity index (χ1v) is 7.35. The molecule has 1 aromatic heterocycles. The molecule has 0 unspecified atom stereocenters. The summed E-state index contributed by atoms with van der Waals surface area (Å²) in [5.41, 5.74) is 5.63. The summed E-state index contributed by atoms with van der Waals surface area (Å²) in [4.78, 5) is 12.9. The number of ketones is 1. The molecule has 3 aromatic rings. The van der Waals surface area contributed by atoms with Crippen LogP contribution in [-0.4, -0.2) is 26.9 Å². The van der Waals surface area contributed by atoms with Gasteiger partial charge in [-0.15, -0.1) is 0 Å². The molecular weight excluding hydrogens is 320 g/mol. The summed E-state index contributed by atoms with van der Waals surface area (Å²) in [7, 11) is 0. The molecule has 0 bridgehead atoms. The molecule has 0 spiro atoms. The van der Waals surface area contributed by atoms with Gasteiger partial charge in [0.15, 0.2) is 17.3 Å². The van der Waals surface area contributed by atoms with Crippen molar-refractivity contribution in [2.24, 2.45) is 0 Å². The van der Waals surface area contributed by atoms with Gasteiger partial charge in [-0.3, -0.25) is 10.2 Å². The summed E-state index contributed by atoms with van der Waals surface area (Å²) in [5, 5.41) is 26.0. The Hall–Kier alpha value is -3.74. The Balaban J connectivity index is 2.17. The third-order valence-corrected chi connectivity index (χ3v) is 3.55. The fourth-order valence-corrected chi connectivity index (χ4v) is 2.30. The molecule has 0 saturated carbocycles. The molecule has 0 amide bonds. The van der Waals surface area contributed by atoms with Crippen LogP contribution in [0.2, 0.25) is 0 Å². The molecule has 0 saturated heterocycles. The topological polar surface area (TPSA) is 126 Å². The molecule has 7 heteroatoms. The van der Waals surface area contributed by atoms with Crippen LogP contribution in [-0.2, 0) is 0 Å². The van der Waals surface area contributed by atoms with Crippen molar-refractivity contribution in [2.45, 2.75) is 0 Å². The zero-order chi connectivity index (χ0) is 17.8. The molecule has 0 fully saturated rings. The van der Waals surface area contributed by atoms with E-state index in [0.717, 1.165) is 0 Å². The van der Waals surface area contributed by atoms with Gasteiger partial charge >= 0.3 is 0 Å². The van der Waals surface area contributed by atoms with Gasteiger partial charge in [-0.25, -0.2) is 4.63 Å². The zero-order valence-corrected chi connectivity index (χ0v) is 13.0. The summed E-state index contributed by atoms with van der Waals surface area (Å²) in [6.07, 6.45) is 0. The second kappa shape index (κ2) is 6.79. The Kier molecular flexibility index (Phi) is 4.38. The van der Waals surface area contributed by atoms with Crippen LogP contribution in [0.15, 0.2) is 70.9 Å². The molecule has 3 rings (SSSR count). The SMILES string of the molecule is N=C(C(C(=O)c1ccccc1)=C(O)c1ccccc1)c1nonc1N. The quantitative estimate of drug-likeness (QED) is 0.285. The smallest absolute Gasteiger partial charge is 0.199 e. The molecule has 1 heterocycles. The average Bonchev–Trinajstić information content (AvgIpc) is 3.09. The van der Waals surface area contributed by atoms with Crippen LogP contribution in [0.4, 0.5) is 5.82 Å². The summed E-state index contributed by atoms with van der Waals surface area (Å²) in [6, 6.07) is 16.8. The molecule has 0 aliphatic carbocycles. The number of aliphatic hydroxyl groups excluding tert-OH is 1. The molecule has 124 valence electrons. The van der Waals surface area contributed by atoms with E-state index in [1.165, 1.54) is 0 Å². The number of hydrogen-bond acceptors (Lipinski definition) is 7. The lowest BCUT2D eigenvalue weighted by molar-refractivity contribution is 0.103. The number of Topliss-reactive ketones (excluding diaryl/α,β-unsaturated/α-hetero) is 1. The fourth-order valence-electron chi connectivity index (χ4n) is 2.30. The van der Waals surface area contributed by atoms with Gasteiger partial charge in [-0.05, 0) is 10.3 Å². The molecule has 0 aliphatic rings. The number of nitrogens with one attached hydrogen (secondary N) is 1. The van der Waals surface area contributed by atoms with Gasteiger partial charge < -0.3 is 10.8 Å². The van der Waals surface area contributed by atoms with Gasteiger partial charge in [0.1, 0.15) is 11.5 Å². The number of nitrogens with zero attached hydrogens (tertiary/aromatic N) is 2. The van der Waals surface area contributed by atoms with E-state index in [4.69, 9.17) is 11.1 Å². The highest BCUT2D eigenvalue weighted by atomic mass is 16.6. The van der Waals surface area contributed by atoms with E-state index in [1.54, 1.807) is 60.7 Å². The first-order valence-electron chi connectivity index (χ1n) is 7.35. The highest BCUT2D eigenvalue weighted by Crippen LogP contribution is 2.24. The lowest BCUT2D eigenvalue weighted by atomic mass is 9.94. The summed E-state index contributed by atoms with van der Waals surface area (Å²) in [6.45, 7) is 0. The number of rotatable bonds is 5. The third-order valence-electron chi connectivity index (χ3n) is 3.55. The van der Waals surface area contributed by atoms with E-state index < -0.39 is 5.78 Å². The van der Waals surface area contributed by atoms with Crippen molar-refractivity contribution in [3.8, 4) is 0 Å². The molecule has 0 radical (unpaired) electrons. The van der Waals surface area contributed by atoms with E-state index in [2.05, 4.69) is 14.9 Å². The molecular formula is C18H14N4O3. The maximum Gasteiger partial charge on any atom is 0.199 e. The number of hydrogen-bond donors (Lipinski definition) is 3. The Labute approximate surface area is 142 Å². The predicted molar refractivity (Wildman–Crippen MR) is 92.3 cm³/mol. The van der Waals surface area contributed by atoms with E-state index >= 15 is 0 Å². The molecule has 25 heavy (non-hydrogen) atoms. The van der Waals surface area contributed by atoms with Crippen molar-refractivity contribution in [1.29, 1.82) is 5.41 Å². The molecule has 7 nitrogen and oxygen atoms in total. The number of aromatic nitrogens is 2. The van der Waals surface area contributed by atoms with Gasteiger partial charge in [0.05, 0.1) is 5.57 Å². The molecule has 4 N–H and O–H groups in total. The number of aliphatic hydroxyl groups is 1. The van der Waals surface area contributed by atoms with Gasteiger partial charge in [0.25, 0.3) is 0 Å². The minimum absolute atomic E-state index is 0.109. The molecule has 0 aliphatic heterocycles. The highest BCUT2D eigenvalue weighted by molar-refractivity contribution is 6.35. The van der Waals surface area contributed by atoms with Gasteiger partial charge in [0.2, 0.25) is 0 Å². The minimum atomic E-state index is -0.533. The Morgan fingerprint density at radius 1 is 0.960 bits per heavy atom. The monoisotopic (exact) mass is 334 g/mol. The number of allylic oxidation sites excluding steroid dienone is 1. The normalized spacial score (nSPS) is 11.7. The van der Waals surface area contributed by atoms with Crippen LogP contribution in [0.3, 0.4) is 0 Å². The van der Waals surface area contributed by atoms with E-state index in [-0.39, 0.29) is 28.6 Å². The number of anilines is 1. The van der Waals surface area contributed by atoms with Crippen LogP contribution in [0.1, 0.15) is 21.6 Å². The number of benzene rings is 2. The van der Waals surface area contributed by atoms with Crippen LogP contribution in [0, 0.1) is 5.41 Å². The zero-order valence-electron chi connectivity index (χ0n) is 13.0. The summed E-state index contributed by atoms with van der Waals surface area (Å²) < 4.78 is 4.51. The van der Waals surface area contributed by atoms with Crippen molar-refractivity contribution < 1.29 is 14.5 Å². The van der Waals surface area contributed by atoms with Crippen LogP contribution in [0.5, 0.6) is 0 Å². The van der Waals surface area contributed by atoms with E-state index in [1.807, 2.05) is 0 Å². The maximum absolute atomic E-state index is 12.9. The number of nitrogens with two attached hydrogens (primary N) is 1. The highest BCUT2D eigenvalue weighted by Gasteiger charge is 2.27. The number of carbonyl (C=O) groups excluding carboxylic acids is 1. The maximum atomic E-state index is 12.9. The fraction of sp³-hybridized carbons (Fsp3) is 0. The van der Waals surface area contributed by atoms with Crippen LogP contribution in [0.25, 0.3) is 5.76 Å². The van der Waals surface area contributed by atoms with Crippen molar-refractivity contribution in [2.75, 3.05) is 5.73 Å². The van der Waals surface area contributed by atoms with E-state index in [0.29, 0.717) is 11.1 Å². The first-order chi connectivity index (χ1) is 12.1. The van der Waals surface area contributed by atoms with Gasteiger partial charge in [0, 0.05) is 11.1 Å². The first kappa shape index (κ1) is 16.1. The van der Waals surface area contributed by atoms with Gasteiger partial charge in [-0.1, -0.05) is 60.7 Å².